The summed E-state index contributed by atoms with van der Waals surface area (Å²) in [5.74, 6) is 1.01. The van der Waals surface area contributed by atoms with Crippen molar-refractivity contribution in [2.24, 2.45) is 0 Å². The second-order valence-electron chi connectivity index (χ2n) is 6.97. The van der Waals surface area contributed by atoms with E-state index in [1.807, 2.05) is 0 Å². The number of benzene rings is 1. The Morgan fingerprint density at radius 1 is 1.20 bits per heavy atom. The average molecular weight is 341 g/mol. The molecule has 1 unspecified atom stereocenters. The van der Waals surface area contributed by atoms with Crippen LogP contribution in [0.5, 0.6) is 5.75 Å². The normalized spacial score (nSPS) is 23.9. The van der Waals surface area contributed by atoms with Crippen LogP contribution < -0.4 is 4.74 Å². The van der Waals surface area contributed by atoms with E-state index in [-0.39, 0.29) is 17.3 Å². The summed E-state index contributed by atoms with van der Waals surface area (Å²) in [6.07, 6.45) is 1.00. The Balaban J connectivity index is 2.27. The molecule has 2 rings (SSSR count). The lowest BCUT2D eigenvalue weighted by Crippen LogP contribution is -2.37. The highest BCUT2D eigenvalue weighted by Crippen LogP contribution is 2.40. The van der Waals surface area contributed by atoms with Crippen LogP contribution in [0.25, 0.3) is 0 Å². The summed E-state index contributed by atoms with van der Waals surface area (Å²) in [5, 5.41) is 0.875. The molecule has 0 N–H and O–H groups in total. The van der Waals surface area contributed by atoms with E-state index in [1.54, 1.807) is 0 Å². The smallest absolute Gasteiger partial charge is 0.130 e. The molecule has 1 aromatic carbocycles. The summed E-state index contributed by atoms with van der Waals surface area (Å²) in [6.45, 7) is 12.7. The first-order valence-corrected chi connectivity index (χ1v) is 8.30. The van der Waals surface area contributed by atoms with Gasteiger partial charge in [0.05, 0.1) is 5.60 Å². The molecule has 3 heteroatoms. The minimum atomic E-state index is -0.253. The topological polar surface area (TPSA) is 18.5 Å². The molecule has 0 spiro atoms. The van der Waals surface area contributed by atoms with Crippen molar-refractivity contribution in [3.63, 3.8) is 0 Å². The van der Waals surface area contributed by atoms with Gasteiger partial charge in [0.25, 0.3) is 0 Å². The summed E-state index contributed by atoms with van der Waals surface area (Å²) >= 11 is 3.51. The van der Waals surface area contributed by atoms with Crippen LogP contribution >= 0.6 is 15.9 Å². The zero-order valence-electron chi connectivity index (χ0n) is 13.3. The largest absolute Gasteiger partial charge is 0.487 e. The molecule has 0 radical (unpaired) electrons. The lowest BCUT2D eigenvalue weighted by Gasteiger charge is -2.28. The quantitative estimate of drug-likeness (QED) is 0.726. The van der Waals surface area contributed by atoms with E-state index in [0.29, 0.717) is 0 Å². The lowest BCUT2D eigenvalue weighted by atomic mass is 9.96. The van der Waals surface area contributed by atoms with Crippen LogP contribution in [-0.2, 0) is 10.1 Å². The van der Waals surface area contributed by atoms with Crippen molar-refractivity contribution in [3.05, 3.63) is 28.8 Å². The van der Waals surface area contributed by atoms with Gasteiger partial charge in [-0.3, -0.25) is 0 Å². The first-order valence-electron chi connectivity index (χ1n) is 7.17. The van der Waals surface area contributed by atoms with Crippen LogP contribution in [0.2, 0.25) is 0 Å². The Morgan fingerprint density at radius 2 is 1.75 bits per heavy atom. The second-order valence-corrected chi connectivity index (χ2v) is 7.53. The van der Waals surface area contributed by atoms with Gasteiger partial charge in [-0.1, -0.05) is 28.1 Å². The van der Waals surface area contributed by atoms with Gasteiger partial charge in [-0.25, -0.2) is 0 Å². The number of alkyl halides is 1. The fraction of sp³-hybridized carbons (Fsp3) is 0.647. The van der Waals surface area contributed by atoms with E-state index < -0.39 is 0 Å². The molecule has 1 aliphatic heterocycles. The van der Waals surface area contributed by atoms with Crippen LogP contribution in [0, 0.1) is 13.8 Å². The van der Waals surface area contributed by atoms with Gasteiger partial charge in [0.1, 0.15) is 17.5 Å². The Morgan fingerprint density at radius 3 is 2.15 bits per heavy atom. The molecule has 112 valence electrons. The standard InChI is InChI=1S/C17H25BrO2/c1-11-7-13(10-18)8-12(2)15(11)19-14-9-16(3,4)20-17(14,5)6/h7-8,14H,9-10H2,1-6H3. The number of rotatable bonds is 3. The molecular formula is C17H25BrO2. The first kappa shape index (κ1) is 15.8. The van der Waals surface area contributed by atoms with E-state index in [9.17, 15) is 0 Å². The fourth-order valence-corrected chi connectivity index (χ4v) is 3.46. The number of ether oxygens (including phenoxy) is 2. The number of aryl methyl sites for hydroxylation is 2. The van der Waals surface area contributed by atoms with Crippen LogP contribution in [0.15, 0.2) is 12.1 Å². The molecule has 1 atom stereocenters. The maximum atomic E-state index is 6.35. The molecular weight excluding hydrogens is 316 g/mol. The molecule has 2 nitrogen and oxygen atoms in total. The van der Waals surface area contributed by atoms with E-state index in [4.69, 9.17) is 9.47 Å². The zero-order chi connectivity index (χ0) is 15.1. The fourth-order valence-electron chi connectivity index (χ4n) is 3.14. The minimum Gasteiger partial charge on any atom is -0.487 e. The van der Waals surface area contributed by atoms with Crippen LogP contribution in [0.4, 0.5) is 0 Å². The molecule has 0 bridgehead atoms. The van der Waals surface area contributed by atoms with E-state index in [2.05, 4.69) is 69.6 Å². The molecule has 1 heterocycles. The van der Waals surface area contributed by atoms with Gasteiger partial charge in [-0.05, 0) is 58.2 Å². The van der Waals surface area contributed by atoms with Crippen LogP contribution in [-0.4, -0.2) is 17.3 Å². The van der Waals surface area contributed by atoms with Crippen molar-refractivity contribution in [2.45, 2.75) is 70.6 Å². The van der Waals surface area contributed by atoms with Gasteiger partial charge in [-0.15, -0.1) is 0 Å². The van der Waals surface area contributed by atoms with Gasteiger partial charge in [-0.2, -0.15) is 0 Å². The van der Waals surface area contributed by atoms with Crippen molar-refractivity contribution in [1.82, 2.24) is 0 Å². The van der Waals surface area contributed by atoms with Crippen molar-refractivity contribution >= 4 is 15.9 Å². The summed E-state index contributed by atoms with van der Waals surface area (Å²) in [5.41, 5.74) is 3.30. The number of hydrogen-bond donors (Lipinski definition) is 0. The third-order valence-electron chi connectivity index (χ3n) is 3.93. The number of hydrogen-bond acceptors (Lipinski definition) is 2. The predicted octanol–water partition coefficient (Wildman–Crippen LogP) is 4.92. The van der Waals surface area contributed by atoms with Crippen molar-refractivity contribution in [2.75, 3.05) is 0 Å². The summed E-state index contributed by atoms with van der Waals surface area (Å²) in [7, 11) is 0. The van der Waals surface area contributed by atoms with E-state index >= 15 is 0 Å². The summed E-state index contributed by atoms with van der Waals surface area (Å²) < 4.78 is 12.5. The van der Waals surface area contributed by atoms with Crippen LogP contribution in [0.3, 0.4) is 0 Å². The molecule has 0 saturated carbocycles. The zero-order valence-corrected chi connectivity index (χ0v) is 14.9. The minimum absolute atomic E-state index is 0.0877. The molecule has 1 fully saturated rings. The Bertz CT molecular complexity index is 483. The average Bonchev–Trinajstić information content (AvgIpc) is 2.51. The van der Waals surface area contributed by atoms with Gasteiger partial charge >= 0.3 is 0 Å². The van der Waals surface area contributed by atoms with E-state index in [1.165, 1.54) is 16.7 Å². The molecule has 1 aliphatic rings. The van der Waals surface area contributed by atoms with Gasteiger partial charge in [0, 0.05) is 11.8 Å². The highest BCUT2D eigenvalue weighted by Gasteiger charge is 2.47. The van der Waals surface area contributed by atoms with Gasteiger partial charge in [0.15, 0.2) is 0 Å². The Kier molecular flexibility index (Phi) is 4.23. The van der Waals surface area contributed by atoms with Crippen molar-refractivity contribution in [3.8, 4) is 5.75 Å². The van der Waals surface area contributed by atoms with Gasteiger partial charge < -0.3 is 9.47 Å². The highest BCUT2D eigenvalue weighted by molar-refractivity contribution is 9.08. The van der Waals surface area contributed by atoms with E-state index in [0.717, 1.165) is 17.5 Å². The second kappa shape index (κ2) is 5.34. The predicted molar refractivity (Wildman–Crippen MR) is 86.8 cm³/mol. The third-order valence-corrected chi connectivity index (χ3v) is 4.57. The maximum Gasteiger partial charge on any atom is 0.130 e. The van der Waals surface area contributed by atoms with Crippen LogP contribution in [0.1, 0.15) is 50.8 Å². The van der Waals surface area contributed by atoms with Crippen molar-refractivity contribution < 1.29 is 9.47 Å². The molecule has 0 aliphatic carbocycles. The molecule has 0 aromatic heterocycles. The molecule has 1 saturated heterocycles. The Labute approximate surface area is 131 Å². The molecule has 0 amide bonds. The lowest BCUT2D eigenvalue weighted by molar-refractivity contribution is -0.0847. The van der Waals surface area contributed by atoms with Crippen molar-refractivity contribution in [1.29, 1.82) is 0 Å². The number of halogens is 1. The van der Waals surface area contributed by atoms with Gasteiger partial charge in [0.2, 0.25) is 0 Å². The third kappa shape index (κ3) is 3.20. The Hall–Kier alpha value is -0.540. The maximum absolute atomic E-state index is 6.35. The monoisotopic (exact) mass is 340 g/mol. The first-order chi connectivity index (χ1) is 9.14. The molecule has 20 heavy (non-hydrogen) atoms. The summed E-state index contributed by atoms with van der Waals surface area (Å²) in [4.78, 5) is 0. The summed E-state index contributed by atoms with van der Waals surface area (Å²) in [6, 6.07) is 4.37. The molecule has 1 aromatic rings. The SMILES string of the molecule is Cc1cc(CBr)cc(C)c1OC1CC(C)(C)OC1(C)C. The highest BCUT2D eigenvalue weighted by atomic mass is 79.9.